The SMILES string of the molecule is CCc1ccc(Nc2ccc(N)cc2C(F)F)cc1. The van der Waals surface area contributed by atoms with E-state index in [2.05, 4.69) is 12.2 Å². The molecule has 0 heterocycles. The average molecular weight is 262 g/mol. The Morgan fingerprint density at radius 2 is 1.79 bits per heavy atom. The third-order valence-electron chi connectivity index (χ3n) is 2.95. The molecular formula is C15H16F2N2. The molecule has 0 aliphatic rings. The van der Waals surface area contributed by atoms with Gasteiger partial charge in [-0.05, 0) is 42.3 Å². The van der Waals surface area contributed by atoms with Gasteiger partial charge in [0.05, 0.1) is 0 Å². The zero-order valence-electron chi connectivity index (χ0n) is 10.7. The van der Waals surface area contributed by atoms with E-state index in [4.69, 9.17) is 5.73 Å². The second kappa shape index (κ2) is 5.69. The predicted octanol–water partition coefficient (Wildman–Crippen LogP) is 4.51. The molecule has 100 valence electrons. The fourth-order valence-electron chi connectivity index (χ4n) is 1.85. The summed E-state index contributed by atoms with van der Waals surface area (Å²) in [5, 5.41) is 3.00. The Hall–Kier alpha value is -2.10. The molecule has 2 rings (SSSR count). The van der Waals surface area contributed by atoms with Crippen LogP contribution in [0.15, 0.2) is 42.5 Å². The first kappa shape index (κ1) is 13.3. The molecule has 0 aliphatic heterocycles. The number of halogens is 2. The molecular weight excluding hydrogens is 246 g/mol. The van der Waals surface area contributed by atoms with Crippen molar-refractivity contribution in [1.82, 2.24) is 0 Å². The van der Waals surface area contributed by atoms with Crippen LogP contribution in [-0.2, 0) is 6.42 Å². The first-order valence-electron chi connectivity index (χ1n) is 6.13. The van der Waals surface area contributed by atoms with E-state index in [9.17, 15) is 8.78 Å². The fraction of sp³-hybridized carbons (Fsp3) is 0.200. The van der Waals surface area contributed by atoms with Crippen molar-refractivity contribution in [2.45, 2.75) is 19.8 Å². The predicted molar refractivity (Wildman–Crippen MR) is 74.9 cm³/mol. The molecule has 2 aromatic rings. The van der Waals surface area contributed by atoms with Crippen LogP contribution in [0.2, 0.25) is 0 Å². The first-order valence-corrected chi connectivity index (χ1v) is 6.13. The van der Waals surface area contributed by atoms with Crippen molar-refractivity contribution in [2.75, 3.05) is 11.1 Å². The monoisotopic (exact) mass is 262 g/mol. The van der Waals surface area contributed by atoms with Crippen molar-refractivity contribution in [3.63, 3.8) is 0 Å². The molecule has 0 spiro atoms. The highest BCUT2D eigenvalue weighted by Gasteiger charge is 2.13. The lowest BCUT2D eigenvalue weighted by Crippen LogP contribution is -1.98. The molecule has 0 amide bonds. The van der Waals surface area contributed by atoms with Gasteiger partial charge in [0.15, 0.2) is 0 Å². The summed E-state index contributed by atoms with van der Waals surface area (Å²) in [6.45, 7) is 2.07. The maximum atomic E-state index is 12.9. The van der Waals surface area contributed by atoms with Gasteiger partial charge in [-0.25, -0.2) is 8.78 Å². The summed E-state index contributed by atoms with van der Waals surface area (Å²) in [6.07, 6.45) is -1.61. The second-order valence-corrected chi connectivity index (χ2v) is 4.32. The number of benzene rings is 2. The molecule has 0 radical (unpaired) electrons. The van der Waals surface area contributed by atoms with Gasteiger partial charge in [-0.1, -0.05) is 19.1 Å². The van der Waals surface area contributed by atoms with Gasteiger partial charge in [0.1, 0.15) is 0 Å². The quantitative estimate of drug-likeness (QED) is 0.795. The number of alkyl halides is 2. The Kier molecular flexibility index (Phi) is 4.00. The molecule has 19 heavy (non-hydrogen) atoms. The van der Waals surface area contributed by atoms with E-state index in [1.54, 1.807) is 12.1 Å². The van der Waals surface area contributed by atoms with E-state index in [-0.39, 0.29) is 5.56 Å². The smallest absolute Gasteiger partial charge is 0.265 e. The van der Waals surface area contributed by atoms with Gasteiger partial charge in [-0.3, -0.25) is 0 Å². The Bertz CT molecular complexity index is 551. The molecule has 0 aromatic heterocycles. The molecule has 0 saturated carbocycles. The minimum atomic E-state index is -2.55. The lowest BCUT2D eigenvalue weighted by atomic mass is 10.1. The Morgan fingerprint density at radius 1 is 1.11 bits per heavy atom. The molecule has 0 bridgehead atoms. The van der Waals surface area contributed by atoms with E-state index < -0.39 is 6.43 Å². The molecule has 0 aliphatic carbocycles. The molecule has 0 saturated heterocycles. The second-order valence-electron chi connectivity index (χ2n) is 4.32. The van der Waals surface area contributed by atoms with Crippen molar-refractivity contribution in [1.29, 1.82) is 0 Å². The van der Waals surface area contributed by atoms with E-state index >= 15 is 0 Å². The zero-order valence-corrected chi connectivity index (χ0v) is 10.7. The molecule has 2 nitrogen and oxygen atoms in total. The van der Waals surface area contributed by atoms with Gasteiger partial charge in [0, 0.05) is 22.6 Å². The average Bonchev–Trinajstić information content (AvgIpc) is 2.41. The number of nitrogens with one attached hydrogen (secondary N) is 1. The van der Waals surface area contributed by atoms with Crippen LogP contribution >= 0.6 is 0 Å². The van der Waals surface area contributed by atoms with Crippen LogP contribution in [-0.4, -0.2) is 0 Å². The molecule has 4 heteroatoms. The van der Waals surface area contributed by atoms with Crippen LogP contribution in [0.1, 0.15) is 24.5 Å². The molecule has 2 aromatic carbocycles. The van der Waals surface area contributed by atoms with E-state index in [0.717, 1.165) is 12.1 Å². The fourth-order valence-corrected chi connectivity index (χ4v) is 1.85. The van der Waals surface area contributed by atoms with Crippen LogP contribution in [0.25, 0.3) is 0 Å². The van der Waals surface area contributed by atoms with Crippen LogP contribution in [0, 0.1) is 0 Å². The van der Waals surface area contributed by atoms with Gasteiger partial charge in [0.2, 0.25) is 0 Å². The molecule has 3 N–H and O–H groups in total. The maximum Gasteiger partial charge on any atom is 0.265 e. The first-order chi connectivity index (χ1) is 9.10. The van der Waals surface area contributed by atoms with E-state index in [1.807, 2.05) is 24.3 Å². The third kappa shape index (κ3) is 3.22. The summed E-state index contributed by atoms with van der Waals surface area (Å²) in [7, 11) is 0. The lowest BCUT2D eigenvalue weighted by molar-refractivity contribution is 0.152. The van der Waals surface area contributed by atoms with Crippen molar-refractivity contribution < 1.29 is 8.78 Å². The van der Waals surface area contributed by atoms with Crippen LogP contribution < -0.4 is 11.1 Å². The van der Waals surface area contributed by atoms with Crippen molar-refractivity contribution in [2.24, 2.45) is 0 Å². The Morgan fingerprint density at radius 3 is 2.37 bits per heavy atom. The number of hydrogen-bond acceptors (Lipinski definition) is 2. The number of anilines is 3. The van der Waals surface area contributed by atoms with Crippen LogP contribution in [0.5, 0.6) is 0 Å². The van der Waals surface area contributed by atoms with Crippen molar-refractivity contribution >= 4 is 17.1 Å². The number of nitrogens with two attached hydrogens (primary N) is 1. The number of nitrogen functional groups attached to an aromatic ring is 1. The summed E-state index contributed by atoms with van der Waals surface area (Å²) in [4.78, 5) is 0. The normalized spacial score (nSPS) is 10.7. The largest absolute Gasteiger partial charge is 0.399 e. The van der Waals surface area contributed by atoms with Crippen LogP contribution in [0.4, 0.5) is 25.8 Å². The van der Waals surface area contributed by atoms with Gasteiger partial charge < -0.3 is 11.1 Å². The summed E-state index contributed by atoms with van der Waals surface area (Å²) < 4.78 is 25.9. The van der Waals surface area contributed by atoms with Gasteiger partial charge >= 0.3 is 0 Å². The van der Waals surface area contributed by atoms with Gasteiger partial charge in [0.25, 0.3) is 6.43 Å². The van der Waals surface area contributed by atoms with Crippen LogP contribution in [0.3, 0.4) is 0 Å². The summed E-state index contributed by atoms with van der Waals surface area (Å²) in [5.41, 5.74) is 8.16. The Balaban J connectivity index is 2.26. The highest BCUT2D eigenvalue weighted by Crippen LogP contribution is 2.31. The van der Waals surface area contributed by atoms with E-state index in [0.29, 0.717) is 11.4 Å². The summed E-state index contributed by atoms with van der Waals surface area (Å²) in [6, 6.07) is 12.2. The van der Waals surface area contributed by atoms with Gasteiger partial charge in [-0.15, -0.1) is 0 Å². The molecule has 0 fully saturated rings. The standard InChI is InChI=1S/C15H16F2N2/c1-2-10-3-6-12(7-4-10)19-14-8-5-11(18)9-13(14)15(16)17/h3-9,15,19H,2,18H2,1H3. The van der Waals surface area contributed by atoms with Crippen molar-refractivity contribution in [3.8, 4) is 0 Å². The Labute approximate surface area is 111 Å². The number of hydrogen-bond donors (Lipinski definition) is 2. The minimum absolute atomic E-state index is 0.0837. The summed E-state index contributed by atoms with van der Waals surface area (Å²) >= 11 is 0. The third-order valence-corrected chi connectivity index (χ3v) is 2.95. The number of aryl methyl sites for hydroxylation is 1. The molecule has 0 unspecified atom stereocenters. The maximum absolute atomic E-state index is 12.9. The van der Waals surface area contributed by atoms with E-state index in [1.165, 1.54) is 11.6 Å². The minimum Gasteiger partial charge on any atom is -0.399 e. The van der Waals surface area contributed by atoms with Gasteiger partial charge in [-0.2, -0.15) is 0 Å². The van der Waals surface area contributed by atoms with Crippen molar-refractivity contribution in [3.05, 3.63) is 53.6 Å². The molecule has 0 atom stereocenters. The highest BCUT2D eigenvalue weighted by atomic mass is 19.3. The topological polar surface area (TPSA) is 38.0 Å². The number of rotatable bonds is 4. The lowest BCUT2D eigenvalue weighted by Gasteiger charge is -2.12. The zero-order chi connectivity index (χ0) is 13.8. The highest BCUT2D eigenvalue weighted by molar-refractivity contribution is 5.66. The summed E-state index contributed by atoms with van der Waals surface area (Å²) in [5.74, 6) is 0.